The molecular formula is C15H19N3O2. The van der Waals surface area contributed by atoms with Crippen molar-refractivity contribution in [1.29, 1.82) is 0 Å². The van der Waals surface area contributed by atoms with E-state index in [1.807, 2.05) is 45.0 Å². The highest BCUT2D eigenvalue weighted by atomic mass is 16.4. The lowest BCUT2D eigenvalue weighted by Crippen LogP contribution is -2.24. The second kappa shape index (κ2) is 6.32. The van der Waals surface area contributed by atoms with Crippen LogP contribution in [0.1, 0.15) is 31.7 Å². The number of nitrogens with one attached hydrogen (secondary N) is 1. The van der Waals surface area contributed by atoms with Crippen molar-refractivity contribution < 1.29 is 9.21 Å². The summed E-state index contributed by atoms with van der Waals surface area (Å²) in [6.07, 6.45) is 0.499. The first kappa shape index (κ1) is 14.2. The molecule has 1 aromatic carbocycles. The lowest BCUT2D eigenvalue weighted by atomic mass is 10.1. The van der Waals surface area contributed by atoms with Gasteiger partial charge in [0.05, 0.1) is 6.54 Å². The number of hydrogen-bond acceptors (Lipinski definition) is 4. The maximum Gasteiger partial charge on any atom is 0.247 e. The Hall–Kier alpha value is -2.17. The summed E-state index contributed by atoms with van der Waals surface area (Å²) >= 11 is 0. The van der Waals surface area contributed by atoms with Crippen LogP contribution in [-0.2, 0) is 11.3 Å². The van der Waals surface area contributed by atoms with Crippen LogP contribution < -0.4 is 5.32 Å². The minimum Gasteiger partial charge on any atom is -0.419 e. The number of aryl methyl sites for hydroxylation is 1. The molecule has 0 aliphatic carbocycles. The van der Waals surface area contributed by atoms with Crippen molar-refractivity contribution in [3.8, 4) is 11.5 Å². The van der Waals surface area contributed by atoms with E-state index in [1.165, 1.54) is 5.56 Å². The minimum absolute atomic E-state index is 0.00455. The average Bonchev–Trinajstić information content (AvgIpc) is 2.85. The number of aromatic nitrogens is 2. The fraction of sp³-hybridized carbons (Fsp3) is 0.400. The fourth-order valence-electron chi connectivity index (χ4n) is 1.75. The van der Waals surface area contributed by atoms with Gasteiger partial charge in [0.25, 0.3) is 0 Å². The van der Waals surface area contributed by atoms with E-state index >= 15 is 0 Å². The fourth-order valence-corrected chi connectivity index (χ4v) is 1.75. The summed E-state index contributed by atoms with van der Waals surface area (Å²) < 4.78 is 5.53. The van der Waals surface area contributed by atoms with E-state index in [1.54, 1.807) is 0 Å². The molecule has 0 spiro atoms. The van der Waals surface area contributed by atoms with Crippen molar-refractivity contribution in [3.63, 3.8) is 0 Å². The Labute approximate surface area is 118 Å². The van der Waals surface area contributed by atoms with Gasteiger partial charge in [0, 0.05) is 12.0 Å². The third-order valence-electron chi connectivity index (χ3n) is 2.80. The van der Waals surface area contributed by atoms with Gasteiger partial charge >= 0.3 is 0 Å². The van der Waals surface area contributed by atoms with Crippen LogP contribution in [-0.4, -0.2) is 16.1 Å². The smallest absolute Gasteiger partial charge is 0.247 e. The van der Waals surface area contributed by atoms with Gasteiger partial charge in [0.1, 0.15) is 0 Å². The predicted octanol–water partition coefficient (Wildman–Crippen LogP) is 2.71. The standard InChI is InChI=1S/C15H19N3O2/c1-10(2)8-13(19)16-9-14-17-18-15(20-14)12-6-4-11(3)5-7-12/h4-7,10H,8-9H2,1-3H3,(H,16,19). The van der Waals surface area contributed by atoms with Gasteiger partial charge in [-0.2, -0.15) is 0 Å². The maximum atomic E-state index is 11.5. The maximum absolute atomic E-state index is 11.5. The molecular weight excluding hydrogens is 254 g/mol. The Morgan fingerprint density at radius 2 is 1.95 bits per heavy atom. The van der Waals surface area contributed by atoms with Crippen molar-refractivity contribution >= 4 is 5.91 Å². The van der Waals surface area contributed by atoms with Gasteiger partial charge in [-0.3, -0.25) is 4.79 Å². The van der Waals surface area contributed by atoms with Gasteiger partial charge in [-0.05, 0) is 25.0 Å². The van der Waals surface area contributed by atoms with E-state index in [0.29, 0.717) is 24.1 Å². The molecule has 0 bridgehead atoms. The van der Waals surface area contributed by atoms with Crippen LogP contribution in [0.4, 0.5) is 0 Å². The molecule has 0 unspecified atom stereocenters. The van der Waals surface area contributed by atoms with E-state index in [9.17, 15) is 4.79 Å². The molecule has 5 nitrogen and oxygen atoms in total. The molecule has 106 valence electrons. The molecule has 0 saturated carbocycles. The quantitative estimate of drug-likeness (QED) is 0.909. The van der Waals surface area contributed by atoms with E-state index in [2.05, 4.69) is 15.5 Å². The number of benzene rings is 1. The Morgan fingerprint density at radius 1 is 1.25 bits per heavy atom. The molecule has 0 atom stereocenters. The highest BCUT2D eigenvalue weighted by Gasteiger charge is 2.10. The largest absolute Gasteiger partial charge is 0.419 e. The van der Waals surface area contributed by atoms with Gasteiger partial charge in [-0.1, -0.05) is 31.5 Å². The van der Waals surface area contributed by atoms with E-state index in [-0.39, 0.29) is 12.5 Å². The van der Waals surface area contributed by atoms with Crippen LogP contribution in [0.3, 0.4) is 0 Å². The van der Waals surface area contributed by atoms with Gasteiger partial charge in [0.2, 0.25) is 17.7 Å². The van der Waals surface area contributed by atoms with Crippen molar-refractivity contribution in [2.24, 2.45) is 5.92 Å². The molecule has 1 aromatic heterocycles. The van der Waals surface area contributed by atoms with E-state index < -0.39 is 0 Å². The molecule has 20 heavy (non-hydrogen) atoms. The molecule has 2 rings (SSSR count). The monoisotopic (exact) mass is 273 g/mol. The molecule has 1 N–H and O–H groups in total. The van der Waals surface area contributed by atoms with Gasteiger partial charge in [0.15, 0.2) is 0 Å². The number of carbonyl (C=O) groups excluding carboxylic acids is 1. The predicted molar refractivity (Wildman–Crippen MR) is 75.8 cm³/mol. The van der Waals surface area contributed by atoms with Crippen LogP contribution in [0.2, 0.25) is 0 Å². The molecule has 0 saturated heterocycles. The van der Waals surface area contributed by atoms with Crippen LogP contribution in [0.5, 0.6) is 0 Å². The number of nitrogens with zero attached hydrogens (tertiary/aromatic N) is 2. The second-order valence-electron chi connectivity index (χ2n) is 5.24. The zero-order valence-corrected chi connectivity index (χ0v) is 12.0. The van der Waals surface area contributed by atoms with Gasteiger partial charge < -0.3 is 9.73 Å². The Kier molecular flexibility index (Phi) is 4.50. The number of rotatable bonds is 5. The zero-order valence-electron chi connectivity index (χ0n) is 12.0. The first-order valence-corrected chi connectivity index (χ1v) is 6.70. The number of hydrogen-bond donors (Lipinski definition) is 1. The second-order valence-corrected chi connectivity index (χ2v) is 5.24. The van der Waals surface area contributed by atoms with Crippen LogP contribution in [0.25, 0.3) is 11.5 Å². The van der Waals surface area contributed by atoms with Crippen LogP contribution in [0.15, 0.2) is 28.7 Å². The Balaban J connectivity index is 1.95. The molecule has 5 heteroatoms. The highest BCUT2D eigenvalue weighted by Crippen LogP contribution is 2.18. The van der Waals surface area contributed by atoms with Crippen molar-refractivity contribution in [2.45, 2.75) is 33.7 Å². The molecule has 1 amide bonds. The molecule has 2 aromatic rings. The summed E-state index contributed by atoms with van der Waals surface area (Å²) in [4.78, 5) is 11.5. The van der Waals surface area contributed by atoms with Gasteiger partial charge in [-0.25, -0.2) is 0 Å². The molecule has 1 heterocycles. The Bertz CT molecular complexity index is 573. The third kappa shape index (κ3) is 3.91. The van der Waals surface area contributed by atoms with Crippen molar-refractivity contribution in [2.75, 3.05) is 0 Å². The molecule has 0 aliphatic rings. The first-order chi connectivity index (χ1) is 9.54. The normalized spacial score (nSPS) is 10.8. The summed E-state index contributed by atoms with van der Waals surface area (Å²) in [5, 5.41) is 10.7. The van der Waals surface area contributed by atoms with Crippen molar-refractivity contribution in [1.82, 2.24) is 15.5 Å². The third-order valence-corrected chi connectivity index (χ3v) is 2.80. The number of amides is 1. The van der Waals surface area contributed by atoms with E-state index in [0.717, 1.165) is 5.56 Å². The molecule has 0 aliphatic heterocycles. The lowest BCUT2D eigenvalue weighted by Gasteiger charge is -2.04. The molecule has 0 radical (unpaired) electrons. The van der Waals surface area contributed by atoms with Crippen LogP contribution in [0, 0.1) is 12.8 Å². The SMILES string of the molecule is Cc1ccc(-c2nnc(CNC(=O)CC(C)C)o2)cc1. The molecule has 0 fully saturated rings. The minimum atomic E-state index is -0.00455. The van der Waals surface area contributed by atoms with Gasteiger partial charge in [-0.15, -0.1) is 10.2 Å². The number of carbonyl (C=O) groups is 1. The highest BCUT2D eigenvalue weighted by molar-refractivity contribution is 5.75. The average molecular weight is 273 g/mol. The lowest BCUT2D eigenvalue weighted by molar-refractivity contribution is -0.122. The summed E-state index contributed by atoms with van der Waals surface area (Å²) in [6.45, 7) is 6.29. The zero-order chi connectivity index (χ0) is 14.5. The summed E-state index contributed by atoms with van der Waals surface area (Å²) in [6, 6.07) is 7.85. The van der Waals surface area contributed by atoms with Crippen LogP contribution >= 0.6 is 0 Å². The van der Waals surface area contributed by atoms with Crippen molar-refractivity contribution in [3.05, 3.63) is 35.7 Å². The summed E-state index contributed by atoms with van der Waals surface area (Å²) in [5.41, 5.74) is 2.05. The summed E-state index contributed by atoms with van der Waals surface area (Å²) in [7, 11) is 0. The Morgan fingerprint density at radius 3 is 2.60 bits per heavy atom. The first-order valence-electron chi connectivity index (χ1n) is 6.70. The topological polar surface area (TPSA) is 68.0 Å². The van der Waals surface area contributed by atoms with E-state index in [4.69, 9.17) is 4.42 Å². The summed E-state index contributed by atoms with van der Waals surface area (Å²) in [5.74, 6) is 1.21.